The summed E-state index contributed by atoms with van der Waals surface area (Å²) in [5.41, 5.74) is -0.280. The fourth-order valence-corrected chi connectivity index (χ4v) is 2.44. The summed E-state index contributed by atoms with van der Waals surface area (Å²) in [5, 5.41) is 31.8. The van der Waals surface area contributed by atoms with Crippen molar-refractivity contribution in [2.45, 2.75) is 24.5 Å². The molecule has 4 atom stereocenters. The number of terminal acetylenes is 1. The quantitative estimate of drug-likeness (QED) is 0.398. The molecule has 1 aliphatic rings. The number of fused-ring (bicyclic) bond motifs is 1. The summed E-state index contributed by atoms with van der Waals surface area (Å²) in [4.78, 5) is 22.6. The number of nitrogens with zero attached hydrogens (tertiary/aromatic N) is 3. The van der Waals surface area contributed by atoms with E-state index >= 15 is 0 Å². The molecule has 2 aromatic heterocycles. The number of aliphatic hydroxyl groups is 3. The average Bonchev–Trinajstić information content (AvgIpc) is 3.08. The second-order valence-electron chi connectivity index (χ2n) is 5.03. The lowest BCUT2D eigenvalue weighted by molar-refractivity contribution is -0.0511. The number of anilines is 1. The van der Waals surface area contributed by atoms with Gasteiger partial charge in [-0.15, -0.1) is 6.42 Å². The first-order valence-corrected chi connectivity index (χ1v) is 6.83. The number of aromatic nitrogens is 4. The molecule has 0 saturated carbocycles. The molecule has 0 radical (unpaired) electrons. The number of ether oxygens (including phenoxy) is 1. The zero-order valence-electron chi connectivity index (χ0n) is 11.9. The van der Waals surface area contributed by atoms with Gasteiger partial charge in [-0.2, -0.15) is 4.98 Å². The average molecular weight is 321 g/mol. The van der Waals surface area contributed by atoms with Gasteiger partial charge in [-0.3, -0.25) is 14.3 Å². The minimum Gasteiger partial charge on any atom is -0.394 e. The molecule has 1 saturated heterocycles. The summed E-state index contributed by atoms with van der Waals surface area (Å²) >= 11 is 0. The van der Waals surface area contributed by atoms with E-state index in [1.807, 2.05) is 0 Å². The zero-order valence-corrected chi connectivity index (χ0v) is 11.9. The predicted molar refractivity (Wildman–Crippen MR) is 78.5 cm³/mol. The Labute approximate surface area is 129 Å². The fourth-order valence-electron chi connectivity index (χ4n) is 2.44. The van der Waals surface area contributed by atoms with Crippen molar-refractivity contribution in [2.24, 2.45) is 0 Å². The van der Waals surface area contributed by atoms with Crippen LogP contribution in [0.1, 0.15) is 6.23 Å². The Hall–Kier alpha value is -2.45. The van der Waals surface area contributed by atoms with E-state index in [2.05, 4.69) is 26.2 Å². The van der Waals surface area contributed by atoms with E-state index in [1.54, 1.807) is 0 Å². The van der Waals surface area contributed by atoms with Crippen molar-refractivity contribution in [2.75, 3.05) is 18.5 Å². The van der Waals surface area contributed by atoms with Crippen LogP contribution in [0.25, 0.3) is 11.2 Å². The third-order valence-corrected chi connectivity index (χ3v) is 3.58. The van der Waals surface area contributed by atoms with E-state index in [0.717, 1.165) is 0 Å². The van der Waals surface area contributed by atoms with Gasteiger partial charge in [0.1, 0.15) is 18.3 Å². The summed E-state index contributed by atoms with van der Waals surface area (Å²) in [6.07, 6.45) is 1.90. The second kappa shape index (κ2) is 5.98. The molecule has 0 unspecified atom stereocenters. The van der Waals surface area contributed by atoms with Gasteiger partial charge in [0.15, 0.2) is 17.4 Å². The first-order chi connectivity index (χ1) is 11.1. The summed E-state index contributed by atoms with van der Waals surface area (Å²) in [7, 11) is 0. The molecule has 2 aromatic rings. The van der Waals surface area contributed by atoms with Crippen molar-refractivity contribution < 1.29 is 20.1 Å². The standard InChI is InChI=1S/C13H15N5O5/c1-2-3-14-13-16-10-7(11(22)17-13)15-5-18(10)12-9(21)8(20)6(4-19)23-12/h1,5-6,8-9,12,19-21H,3-4H2,(H2,14,16,17,22)/t6-,8-,9-,12-/m1/s1. The third-order valence-electron chi connectivity index (χ3n) is 3.58. The lowest BCUT2D eigenvalue weighted by atomic mass is 10.1. The highest BCUT2D eigenvalue weighted by atomic mass is 16.6. The molecular weight excluding hydrogens is 306 g/mol. The summed E-state index contributed by atoms with van der Waals surface area (Å²) in [6.45, 7) is -0.291. The molecule has 10 heteroatoms. The minimum absolute atomic E-state index is 0.0500. The van der Waals surface area contributed by atoms with Gasteiger partial charge >= 0.3 is 0 Å². The van der Waals surface area contributed by atoms with E-state index in [0.29, 0.717) is 0 Å². The Kier molecular flexibility index (Phi) is 4.01. The minimum atomic E-state index is -1.30. The van der Waals surface area contributed by atoms with Crippen LogP contribution in [0.2, 0.25) is 0 Å². The molecule has 1 aliphatic heterocycles. The van der Waals surface area contributed by atoms with E-state index < -0.39 is 36.7 Å². The molecule has 0 bridgehead atoms. The van der Waals surface area contributed by atoms with Crippen molar-refractivity contribution in [1.29, 1.82) is 0 Å². The molecule has 0 aliphatic carbocycles. The van der Waals surface area contributed by atoms with Crippen LogP contribution in [0.15, 0.2) is 11.1 Å². The number of imidazole rings is 1. The van der Waals surface area contributed by atoms with E-state index in [4.69, 9.17) is 16.3 Å². The summed E-state index contributed by atoms with van der Waals surface area (Å²) in [5.74, 6) is 2.50. The van der Waals surface area contributed by atoms with Gasteiger partial charge in [0, 0.05) is 0 Å². The van der Waals surface area contributed by atoms with E-state index in [9.17, 15) is 15.0 Å². The van der Waals surface area contributed by atoms with Crippen molar-refractivity contribution in [3.8, 4) is 12.3 Å². The topological polar surface area (TPSA) is 146 Å². The van der Waals surface area contributed by atoms with E-state index in [1.165, 1.54) is 10.9 Å². The van der Waals surface area contributed by atoms with Crippen LogP contribution in [0.3, 0.4) is 0 Å². The predicted octanol–water partition coefficient (Wildman–Crippen LogP) is -2.22. The van der Waals surface area contributed by atoms with Crippen molar-refractivity contribution in [3.63, 3.8) is 0 Å². The van der Waals surface area contributed by atoms with Crippen LogP contribution in [0.5, 0.6) is 0 Å². The van der Waals surface area contributed by atoms with Gasteiger partial charge in [0.25, 0.3) is 5.56 Å². The molecule has 0 amide bonds. The SMILES string of the molecule is C#CCNc1nc2c(ncn2[C@@H]2O[C@H](CO)[C@@H](O)[C@H]2O)c(=O)[nH]1. The second-order valence-corrected chi connectivity index (χ2v) is 5.03. The van der Waals surface area contributed by atoms with Crippen LogP contribution in [-0.4, -0.2) is 66.3 Å². The van der Waals surface area contributed by atoms with Gasteiger partial charge in [0.2, 0.25) is 5.95 Å². The Morgan fingerprint density at radius 1 is 1.48 bits per heavy atom. The normalized spacial score (nSPS) is 27.2. The molecule has 122 valence electrons. The molecule has 0 spiro atoms. The number of hydrogen-bond donors (Lipinski definition) is 5. The smallest absolute Gasteiger partial charge is 0.280 e. The highest BCUT2D eigenvalue weighted by molar-refractivity contribution is 5.71. The van der Waals surface area contributed by atoms with Gasteiger partial charge in [-0.25, -0.2) is 4.98 Å². The molecule has 10 nitrogen and oxygen atoms in total. The van der Waals surface area contributed by atoms with Crippen LogP contribution in [0, 0.1) is 12.3 Å². The van der Waals surface area contributed by atoms with Crippen molar-refractivity contribution >= 4 is 17.1 Å². The van der Waals surface area contributed by atoms with Crippen LogP contribution in [-0.2, 0) is 4.74 Å². The Morgan fingerprint density at radius 2 is 2.26 bits per heavy atom. The lowest BCUT2D eigenvalue weighted by Crippen LogP contribution is -2.33. The highest BCUT2D eigenvalue weighted by Gasteiger charge is 2.44. The Balaban J connectivity index is 2.03. The molecule has 3 heterocycles. The molecular formula is C13H15N5O5. The Morgan fingerprint density at radius 3 is 2.91 bits per heavy atom. The first kappa shape index (κ1) is 15.4. The number of aliphatic hydroxyl groups excluding tert-OH is 3. The molecule has 1 fully saturated rings. The van der Waals surface area contributed by atoms with E-state index in [-0.39, 0.29) is 23.7 Å². The highest BCUT2D eigenvalue weighted by Crippen LogP contribution is 2.30. The lowest BCUT2D eigenvalue weighted by Gasteiger charge is -2.16. The number of hydrogen-bond acceptors (Lipinski definition) is 8. The maximum absolute atomic E-state index is 12.0. The molecule has 23 heavy (non-hydrogen) atoms. The van der Waals surface area contributed by atoms with Gasteiger partial charge in [-0.1, -0.05) is 5.92 Å². The largest absolute Gasteiger partial charge is 0.394 e. The molecule has 5 N–H and O–H groups in total. The maximum Gasteiger partial charge on any atom is 0.280 e. The van der Waals surface area contributed by atoms with Crippen LogP contribution < -0.4 is 10.9 Å². The summed E-state index contributed by atoms with van der Waals surface area (Å²) < 4.78 is 6.75. The monoisotopic (exact) mass is 321 g/mol. The summed E-state index contributed by atoms with van der Waals surface area (Å²) in [6, 6.07) is 0. The van der Waals surface area contributed by atoms with Crippen molar-refractivity contribution in [1.82, 2.24) is 19.5 Å². The number of nitrogens with one attached hydrogen (secondary N) is 2. The number of rotatable bonds is 4. The molecule has 0 aromatic carbocycles. The third kappa shape index (κ3) is 2.55. The zero-order chi connectivity index (χ0) is 16.6. The maximum atomic E-state index is 12.0. The number of H-pyrrole nitrogens is 1. The Bertz CT molecular complexity index is 809. The van der Waals surface area contributed by atoms with Gasteiger partial charge in [0.05, 0.1) is 19.5 Å². The van der Waals surface area contributed by atoms with Crippen LogP contribution in [0.4, 0.5) is 5.95 Å². The number of aromatic amines is 1. The molecule has 3 rings (SSSR count). The fraction of sp³-hybridized carbons (Fsp3) is 0.462. The first-order valence-electron chi connectivity index (χ1n) is 6.83. The van der Waals surface area contributed by atoms with Gasteiger partial charge < -0.3 is 25.4 Å². The van der Waals surface area contributed by atoms with Crippen molar-refractivity contribution in [3.05, 3.63) is 16.7 Å². The van der Waals surface area contributed by atoms with Gasteiger partial charge in [-0.05, 0) is 0 Å². The van der Waals surface area contributed by atoms with Crippen LogP contribution >= 0.6 is 0 Å².